The predicted octanol–water partition coefficient (Wildman–Crippen LogP) is 2.65. The normalized spacial score (nSPS) is 17.6. The molecule has 1 aromatic carbocycles. The maximum absolute atomic E-state index is 3.69. The summed E-state index contributed by atoms with van der Waals surface area (Å²) in [6.07, 6.45) is 2.51. The number of piperidine rings is 1. The number of hydrogen-bond donors (Lipinski definition) is 2. The minimum atomic E-state index is 0.612. The first-order chi connectivity index (χ1) is 8.27. The smallest absolute Gasteiger partial charge is 0.0210 e. The molecule has 1 fully saturated rings. The van der Waals surface area contributed by atoms with E-state index in [-0.39, 0.29) is 0 Å². The van der Waals surface area contributed by atoms with E-state index < -0.39 is 0 Å². The van der Waals surface area contributed by atoms with E-state index in [1.165, 1.54) is 24.0 Å². The first kappa shape index (κ1) is 12.6. The van der Waals surface area contributed by atoms with Crippen molar-refractivity contribution in [2.75, 3.05) is 13.1 Å². The van der Waals surface area contributed by atoms with Crippen LogP contribution in [0.25, 0.3) is 0 Å². The van der Waals surface area contributed by atoms with Crippen LogP contribution in [0.2, 0.25) is 0 Å². The minimum absolute atomic E-state index is 0.612. The highest BCUT2D eigenvalue weighted by molar-refractivity contribution is 5.29. The summed E-state index contributed by atoms with van der Waals surface area (Å²) < 4.78 is 0. The molecule has 1 aromatic rings. The Hall–Kier alpha value is -0.860. The predicted molar refractivity (Wildman–Crippen MR) is 73.3 cm³/mol. The number of nitrogens with one attached hydrogen (secondary N) is 2. The Kier molecular flexibility index (Phi) is 4.57. The van der Waals surface area contributed by atoms with Crippen molar-refractivity contribution in [1.29, 1.82) is 0 Å². The van der Waals surface area contributed by atoms with Crippen molar-refractivity contribution in [1.82, 2.24) is 10.6 Å². The molecule has 1 saturated heterocycles. The molecule has 0 spiro atoms. The first-order valence-electron chi connectivity index (χ1n) is 6.79. The van der Waals surface area contributed by atoms with E-state index in [4.69, 9.17) is 0 Å². The summed E-state index contributed by atoms with van der Waals surface area (Å²) in [6, 6.07) is 9.49. The molecule has 0 atom stereocenters. The van der Waals surface area contributed by atoms with Gasteiger partial charge in [-0.25, -0.2) is 0 Å². The number of rotatable bonds is 4. The van der Waals surface area contributed by atoms with Crippen LogP contribution in [0.3, 0.4) is 0 Å². The Morgan fingerprint density at radius 3 is 2.65 bits per heavy atom. The average Bonchev–Trinajstić information content (AvgIpc) is 2.38. The maximum atomic E-state index is 3.69. The molecule has 1 aliphatic rings. The zero-order valence-electron chi connectivity index (χ0n) is 11.0. The van der Waals surface area contributed by atoms with Crippen molar-refractivity contribution in [3.8, 4) is 0 Å². The van der Waals surface area contributed by atoms with Crippen molar-refractivity contribution in [3.63, 3.8) is 0 Å². The van der Waals surface area contributed by atoms with Crippen LogP contribution in [0.5, 0.6) is 0 Å². The zero-order valence-corrected chi connectivity index (χ0v) is 11.0. The fourth-order valence-electron chi connectivity index (χ4n) is 2.54. The van der Waals surface area contributed by atoms with Gasteiger partial charge >= 0.3 is 0 Å². The molecule has 1 heterocycles. The van der Waals surface area contributed by atoms with Crippen LogP contribution in [0.4, 0.5) is 0 Å². The summed E-state index contributed by atoms with van der Waals surface area (Å²) in [7, 11) is 0. The van der Waals surface area contributed by atoms with Crippen molar-refractivity contribution < 1.29 is 0 Å². The molecule has 0 aromatic heterocycles. The monoisotopic (exact) mass is 232 g/mol. The fraction of sp³-hybridized carbons (Fsp3) is 0.600. The van der Waals surface area contributed by atoms with E-state index in [1.54, 1.807) is 0 Å². The second-order valence-corrected chi connectivity index (χ2v) is 5.26. The molecule has 2 N–H and O–H groups in total. The van der Waals surface area contributed by atoms with Crippen LogP contribution in [0.1, 0.15) is 43.7 Å². The Balaban J connectivity index is 1.93. The molecular formula is C15H24N2. The van der Waals surface area contributed by atoms with Gasteiger partial charge in [-0.2, -0.15) is 0 Å². The lowest BCUT2D eigenvalue weighted by molar-refractivity contribution is 0.386. The van der Waals surface area contributed by atoms with Gasteiger partial charge in [-0.3, -0.25) is 0 Å². The molecule has 0 aliphatic carbocycles. The van der Waals surface area contributed by atoms with Crippen molar-refractivity contribution in [3.05, 3.63) is 35.4 Å². The molecule has 2 rings (SSSR count). The van der Waals surface area contributed by atoms with Crippen LogP contribution < -0.4 is 10.6 Å². The molecule has 17 heavy (non-hydrogen) atoms. The third-order valence-electron chi connectivity index (χ3n) is 3.60. The van der Waals surface area contributed by atoms with Gasteiger partial charge in [0.1, 0.15) is 0 Å². The highest BCUT2D eigenvalue weighted by atomic mass is 15.0. The quantitative estimate of drug-likeness (QED) is 0.834. The summed E-state index contributed by atoms with van der Waals surface area (Å²) in [5.74, 6) is 0.612. The summed E-state index contributed by atoms with van der Waals surface area (Å²) in [5, 5.41) is 7.10. The SMILES string of the molecule is CC(C)c1ccccc1CNC1CCNCC1. The molecule has 2 heteroatoms. The summed E-state index contributed by atoms with van der Waals surface area (Å²) >= 11 is 0. The minimum Gasteiger partial charge on any atom is -0.317 e. The van der Waals surface area contributed by atoms with Crippen molar-refractivity contribution >= 4 is 0 Å². The van der Waals surface area contributed by atoms with Crippen LogP contribution >= 0.6 is 0 Å². The third kappa shape index (κ3) is 3.55. The number of hydrogen-bond acceptors (Lipinski definition) is 2. The van der Waals surface area contributed by atoms with Gasteiger partial charge in [-0.15, -0.1) is 0 Å². The van der Waals surface area contributed by atoms with Gasteiger partial charge in [0.2, 0.25) is 0 Å². The lowest BCUT2D eigenvalue weighted by Gasteiger charge is -2.24. The van der Waals surface area contributed by atoms with Gasteiger partial charge in [0.05, 0.1) is 0 Å². The van der Waals surface area contributed by atoms with Gasteiger partial charge in [0.25, 0.3) is 0 Å². The standard InChI is InChI=1S/C15H24N2/c1-12(2)15-6-4-3-5-13(15)11-17-14-7-9-16-10-8-14/h3-6,12,14,16-17H,7-11H2,1-2H3. The Bertz CT molecular complexity index is 341. The zero-order chi connectivity index (χ0) is 12.1. The van der Waals surface area contributed by atoms with E-state index in [2.05, 4.69) is 48.7 Å². The first-order valence-corrected chi connectivity index (χ1v) is 6.79. The molecule has 0 saturated carbocycles. The summed E-state index contributed by atoms with van der Waals surface area (Å²) in [4.78, 5) is 0. The highest BCUT2D eigenvalue weighted by Crippen LogP contribution is 2.19. The Morgan fingerprint density at radius 2 is 1.94 bits per heavy atom. The van der Waals surface area contributed by atoms with E-state index in [0.717, 1.165) is 19.6 Å². The molecule has 94 valence electrons. The van der Waals surface area contributed by atoms with Gasteiger partial charge < -0.3 is 10.6 Å². The van der Waals surface area contributed by atoms with Crippen LogP contribution in [-0.2, 0) is 6.54 Å². The average molecular weight is 232 g/mol. The van der Waals surface area contributed by atoms with E-state index in [9.17, 15) is 0 Å². The van der Waals surface area contributed by atoms with E-state index in [1.807, 2.05) is 0 Å². The topological polar surface area (TPSA) is 24.1 Å². The second kappa shape index (κ2) is 6.18. The van der Waals surface area contributed by atoms with Crippen molar-refractivity contribution in [2.45, 2.75) is 45.2 Å². The maximum Gasteiger partial charge on any atom is 0.0210 e. The van der Waals surface area contributed by atoms with Crippen LogP contribution in [-0.4, -0.2) is 19.1 Å². The van der Waals surface area contributed by atoms with Gasteiger partial charge in [0, 0.05) is 12.6 Å². The van der Waals surface area contributed by atoms with Crippen LogP contribution in [0, 0.1) is 0 Å². The summed E-state index contributed by atoms with van der Waals surface area (Å²) in [5.41, 5.74) is 2.94. The lowest BCUT2D eigenvalue weighted by Crippen LogP contribution is -2.39. The molecule has 1 aliphatic heterocycles. The Labute approximate surface area is 105 Å². The molecule has 0 unspecified atom stereocenters. The number of benzene rings is 1. The van der Waals surface area contributed by atoms with Gasteiger partial charge in [0.15, 0.2) is 0 Å². The Morgan fingerprint density at radius 1 is 1.24 bits per heavy atom. The van der Waals surface area contributed by atoms with Crippen molar-refractivity contribution in [2.24, 2.45) is 0 Å². The van der Waals surface area contributed by atoms with Gasteiger partial charge in [-0.1, -0.05) is 38.1 Å². The lowest BCUT2D eigenvalue weighted by atomic mass is 9.97. The molecule has 0 bridgehead atoms. The summed E-state index contributed by atoms with van der Waals surface area (Å²) in [6.45, 7) is 7.86. The molecular weight excluding hydrogens is 208 g/mol. The van der Waals surface area contributed by atoms with E-state index in [0.29, 0.717) is 12.0 Å². The van der Waals surface area contributed by atoms with E-state index >= 15 is 0 Å². The van der Waals surface area contributed by atoms with Crippen LogP contribution in [0.15, 0.2) is 24.3 Å². The molecule has 0 amide bonds. The fourth-order valence-corrected chi connectivity index (χ4v) is 2.54. The second-order valence-electron chi connectivity index (χ2n) is 5.26. The highest BCUT2D eigenvalue weighted by Gasteiger charge is 2.13. The molecule has 0 radical (unpaired) electrons. The largest absolute Gasteiger partial charge is 0.317 e. The molecule has 2 nitrogen and oxygen atoms in total. The third-order valence-corrected chi connectivity index (χ3v) is 3.60. The van der Waals surface area contributed by atoms with Gasteiger partial charge in [-0.05, 0) is 43.0 Å².